The van der Waals surface area contributed by atoms with Gasteiger partial charge in [0.1, 0.15) is 5.75 Å². The zero-order chi connectivity index (χ0) is 14.5. The summed E-state index contributed by atoms with van der Waals surface area (Å²) < 4.78 is 5.25. The van der Waals surface area contributed by atoms with E-state index in [0.29, 0.717) is 18.5 Å². The molecule has 0 aliphatic heterocycles. The van der Waals surface area contributed by atoms with Gasteiger partial charge >= 0.3 is 0 Å². The van der Waals surface area contributed by atoms with Crippen LogP contribution >= 0.6 is 0 Å². The van der Waals surface area contributed by atoms with Gasteiger partial charge in [0, 0.05) is 12.6 Å². The molecule has 0 saturated heterocycles. The van der Waals surface area contributed by atoms with Gasteiger partial charge in [0.2, 0.25) is 5.91 Å². The van der Waals surface area contributed by atoms with E-state index >= 15 is 0 Å². The van der Waals surface area contributed by atoms with Gasteiger partial charge in [-0.2, -0.15) is 0 Å². The van der Waals surface area contributed by atoms with Crippen LogP contribution in [0.1, 0.15) is 38.2 Å². The third-order valence-corrected chi connectivity index (χ3v) is 3.93. The lowest BCUT2D eigenvalue weighted by atomic mass is 9.75. The second-order valence-corrected chi connectivity index (χ2v) is 5.42. The van der Waals surface area contributed by atoms with Crippen molar-refractivity contribution >= 4 is 5.91 Å². The average molecular weight is 276 g/mol. The van der Waals surface area contributed by atoms with Gasteiger partial charge in [0.15, 0.2) is 0 Å². The molecule has 1 aliphatic rings. The SMILES string of the molecule is CCNC(=O)C(C)NC1CC(c2cccc(OC)c2)C1. The molecule has 0 bridgehead atoms. The molecule has 1 atom stereocenters. The number of amides is 1. The summed E-state index contributed by atoms with van der Waals surface area (Å²) in [7, 11) is 1.69. The number of hydrogen-bond acceptors (Lipinski definition) is 3. The monoisotopic (exact) mass is 276 g/mol. The molecule has 0 heterocycles. The van der Waals surface area contributed by atoms with E-state index in [1.165, 1.54) is 5.56 Å². The minimum Gasteiger partial charge on any atom is -0.497 e. The van der Waals surface area contributed by atoms with Crippen molar-refractivity contribution in [1.82, 2.24) is 10.6 Å². The van der Waals surface area contributed by atoms with Crippen LogP contribution in [0.15, 0.2) is 24.3 Å². The topological polar surface area (TPSA) is 50.4 Å². The Morgan fingerprint density at radius 3 is 2.85 bits per heavy atom. The second-order valence-electron chi connectivity index (χ2n) is 5.42. The van der Waals surface area contributed by atoms with Crippen molar-refractivity contribution in [3.05, 3.63) is 29.8 Å². The van der Waals surface area contributed by atoms with E-state index in [2.05, 4.69) is 22.8 Å². The molecule has 4 nitrogen and oxygen atoms in total. The van der Waals surface area contributed by atoms with Crippen LogP contribution < -0.4 is 15.4 Å². The molecule has 1 saturated carbocycles. The summed E-state index contributed by atoms with van der Waals surface area (Å²) in [5.74, 6) is 1.57. The van der Waals surface area contributed by atoms with Gasteiger partial charge in [-0.1, -0.05) is 12.1 Å². The minimum atomic E-state index is -0.119. The van der Waals surface area contributed by atoms with Gasteiger partial charge in [0.05, 0.1) is 13.2 Å². The summed E-state index contributed by atoms with van der Waals surface area (Å²) in [6, 6.07) is 8.57. The van der Waals surface area contributed by atoms with Crippen molar-refractivity contribution in [2.75, 3.05) is 13.7 Å². The first-order valence-corrected chi connectivity index (χ1v) is 7.31. The van der Waals surface area contributed by atoms with Crippen molar-refractivity contribution in [1.29, 1.82) is 0 Å². The maximum absolute atomic E-state index is 11.7. The summed E-state index contributed by atoms with van der Waals surface area (Å²) >= 11 is 0. The highest BCUT2D eigenvalue weighted by atomic mass is 16.5. The lowest BCUT2D eigenvalue weighted by Crippen LogP contribution is -2.50. The molecule has 1 aromatic rings. The first kappa shape index (κ1) is 14.9. The molecule has 1 unspecified atom stereocenters. The van der Waals surface area contributed by atoms with E-state index in [4.69, 9.17) is 4.74 Å². The van der Waals surface area contributed by atoms with Crippen LogP contribution in [0.2, 0.25) is 0 Å². The van der Waals surface area contributed by atoms with Gasteiger partial charge in [-0.3, -0.25) is 4.79 Å². The Balaban J connectivity index is 1.80. The predicted octanol–water partition coefficient (Wildman–Crippen LogP) is 2.06. The first-order chi connectivity index (χ1) is 9.63. The van der Waals surface area contributed by atoms with Crippen LogP contribution in [-0.4, -0.2) is 31.6 Å². The van der Waals surface area contributed by atoms with Crippen molar-refractivity contribution in [3.8, 4) is 5.75 Å². The zero-order valence-corrected chi connectivity index (χ0v) is 12.5. The van der Waals surface area contributed by atoms with Crippen molar-refractivity contribution in [2.24, 2.45) is 0 Å². The summed E-state index contributed by atoms with van der Waals surface area (Å²) in [6.45, 7) is 4.54. The molecular formula is C16H24N2O2. The fraction of sp³-hybridized carbons (Fsp3) is 0.562. The van der Waals surface area contributed by atoms with Crippen LogP contribution in [-0.2, 0) is 4.79 Å². The molecule has 0 spiro atoms. The van der Waals surface area contributed by atoms with Crippen LogP contribution in [0.25, 0.3) is 0 Å². The fourth-order valence-electron chi connectivity index (χ4n) is 2.68. The Bertz CT molecular complexity index is 456. The zero-order valence-electron chi connectivity index (χ0n) is 12.5. The lowest BCUT2D eigenvalue weighted by molar-refractivity contribution is -0.123. The lowest BCUT2D eigenvalue weighted by Gasteiger charge is -2.38. The van der Waals surface area contributed by atoms with Crippen molar-refractivity contribution in [3.63, 3.8) is 0 Å². The quantitative estimate of drug-likeness (QED) is 0.836. The molecule has 1 aliphatic carbocycles. The maximum Gasteiger partial charge on any atom is 0.236 e. The number of hydrogen-bond donors (Lipinski definition) is 2. The molecule has 4 heteroatoms. The highest BCUT2D eigenvalue weighted by Crippen LogP contribution is 2.38. The number of ether oxygens (including phenoxy) is 1. The van der Waals surface area contributed by atoms with Gasteiger partial charge < -0.3 is 15.4 Å². The highest BCUT2D eigenvalue weighted by Gasteiger charge is 2.32. The van der Waals surface area contributed by atoms with E-state index in [-0.39, 0.29) is 11.9 Å². The van der Waals surface area contributed by atoms with E-state index in [0.717, 1.165) is 18.6 Å². The molecule has 1 amide bonds. The third kappa shape index (κ3) is 3.51. The van der Waals surface area contributed by atoms with Gasteiger partial charge in [-0.05, 0) is 50.3 Å². The number of likely N-dealkylation sites (N-methyl/N-ethyl adjacent to an activating group) is 1. The van der Waals surface area contributed by atoms with Crippen molar-refractivity contribution < 1.29 is 9.53 Å². The number of carbonyl (C=O) groups excluding carboxylic acids is 1. The highest BCUT2D eigenvalue weighted by molar-refractivity contribution is 5.81. The summed E-state index contributed by atoms with van der Waals surface area (Å²) in [6.07, 6.45) is 2.16. The van der Waals surface area contributed by atoms with Crippen molar-refractivity contribution in [2.45, 2.75) is 44.7 Å². The average Bonchev–Trinajstić information content (AvgIpc) is 2.42. The van der Waals surface area contributed by atoms with Crippen LogP contribution in [0.3, 0.4) is 0 Å². The largest absolute Gasteiger partial charge is 0.497 e. The third-order valence-electron chi connectivity index (χ3n) is 3.93. The first-order valence-electron chi connectivity index (χ1n) is 7.31. The van der Waals surface area contributed by atoms with E-state index in [1.807, 2.05) is 26.0 Å². The predicted molar refractivity (Wildman–Crippen MR) is 80.0 cm³/mol. The Labute approximate surface area is 120 Å². The van der Waals surface area contributed by atoms with Crippen LogP contribution in [0.4, 0.5) is 0 Å². The summed E-state index contributed by atoms with van der Waals surface area (Å²) in [4.78, 5) is 11.7. The molecule has 1 fully saturated rings. The number of benzene rings is 1. The smallest absolute Gasteiger partial charge is 0.236 e. The summed E-state index contributed by atoms with van der Waals surface area (Å²) in [5.41, 5.74) is 1.33. The molecule has 2 N–H and O–H groups in total. The molecule has 2 rings (SSSR count). The number of carbonyl (C=O) groups is 1. The molecule has 1 aromatic carbocycles. The van der Waals surface area contributed by atoms with Gasteiger partial charge in [-0.25, -0.2) is 0 Å². The van der Waals surface area contributed by atoms with Crippen LogP contribution in [0, 0.1) is 0 Å². The Hall–Kier alpha value is -1.55. The Morgan fingerprint density at radius 1 is 1.45 bits per heavy atom. The fourth-order valence-corrected chi connectivity index (χ4v) is 2.68. The van der Waals surface area contributed by atoms with Gasteiger partial charge in [-0.15, -0.1) is 0 Å². The minimum absolute atomic E-state index is 0.0809. The molecule has 0 aromatic heterocycles. The molecular weight excluding hydrogens is 252 g/mol. The summed E-state index contributed by atoms with van der Waals surface area (Å²) in [5, 5.41) is 6.22. The molecule has 0 radical (unpaired) electrons. The molecule has 110 valence electrons. The molecule has 20 heavy (non-hydrogen) atoms. The van der Waals surface area contributed by atoms with E-state index < -0.39 is 0 Å². The maximum atomic E-state index is 11.7. The standard InChI is InChI=1S/C16H24N2O2/c1-4-17-16(19)11(2)18-14-8-13(9-14)12-6-5-7-15(10-12)20-3/h5-7,10-11,13-14,18H,4,8-9H2,1-3H3,(H,17,19). The second kappa shape index (κ2) is 6.75. The van der Waals surface area contributed by atoms with E-state index in [1.54, 1.807) is 7.11 Å². The van der Waals surface area contributed by atoms with Crippen LogP contribution in [0.5, 0.6) is 5.75 Å². The van der Waals surface area contributed by atoms with E-state index in [9.17, 15) is 4.79 Å². The Morgan fingerprint density at radius 2 is 2.20 bits per heavy atom. The number of nitrogens with one attached hydrogen (secondary N) is 2. The normalized spacial score (nSPS) is 22.8. The number of rotatable bonds is 6. The number of methoxy groups -OCH3 is 1. The van der Waals surface area contributed by atoms with Gasteiger partial charge in [0.25, 0.3) is 0 Å². The Kier molecular flexibility index (Phi) is 5.01.